The van der Waals surface area contributed by atoms with Gasteiger partial charge in [-0.15, -0.1) is 0 Å². The number of ether oxygens (including phenoxy) is 2. The molecule has 3 heteroatoms. The highest BCUT2D eigenvalue weighted by molar-refractivity contribution is 9.10. The summed E-state index contributed by atoms with van der Waals surface area (Å²) in [5, 5.41) is 0. The molecule has 0 amide bonds. The van der Waals surface area contributed by atoms with Gasteiger partial charge in [-0.1, -0.05) is 28.1 Å². The van der Waals surface area contributed by atoms with Crippen LogP contribution in [0.25, 0.3) is 0 Å². The predicted octanol–water partition coefficient (Wildman–Crippen LogP) is 4.22. The summed E-state index contributed by atoms with van der Waals surface area (Å²) in [4.78, 5) is 0. The summed E-state index contributed by atoms with van der Waals surface area (Å²) in [5.74, 6) is 1.74. The van der Waals surface area contributed by atoms with Crippen LogP contribution >= 0.6 is 15.9 Å². The molecule has 2 nitrogen and oxygen atoms in total. The SMILES string of the molecule is Cc1cccc(OCCOc2ccc(Br)cc2)c1. The van der Waals surface area contributed by atoms with Crippen LogP contribution in [-0.2, 0) is 0 Å². The van der Waals surface area contributed by atoms with Gasteiger partial charge in [0, 0.05) is 4.47 Å². The fourth-order valence-electron chi connectivity index (χ4n) is 1.55. The van der Waals surface area contributed by atoms with Crippen LogP contribution < -0.4 is 9.47 Å². The maximum absolute atomic E-state index is 5.60. The average molecular weight is 307 g/mol. The lowest BCUT2D eigenvalue weighted by molar-refractivity contribution is 0.217. The first-order chi connectivity index (χ1) is 8.74. The molecule has 0 atom stereocenters. The van der Waals surface area contributed by atoms with Gasteiger partial charge in [-0.3, -0.25) is 0 Å². The number of hydrogen-bond donors (Lipinski definition) is 0. The minimum absolute atomic E-state index is 0.537. The molecule has 94 valence electrons. The van der Waals surface area contributed by atoms with Gasteiger partial charge < -0.3 is 9.47 Å². The van der Waals surface area contributed by atoms with Crippen LogP contribution in [-0.4, -0.2) is 13.2 Å². The Balaban J connectivity index is 1.74. The Hall–Kier alpha value is -1.48. The van der Waals surface area contributed by atoms with E-state index in [4.69, 9.17) is 9.47 Å². The van der Waals surface area contributed by atoms with Crippen molar-refractivity contribution in [1.29, 1.82) is 0 Å². The Morgan fingerprint density at radius 3 is 2.22 bits per heavy atom. The van der Waals surface area contributed by atoms with E-state index in [9.17, 15) is 0 Å². The first-order valence-corrected chi connectivity index (χ1v) is 6.61. The molecule has 0 saturated carbocycles. The smallest absolute Gasteiger partial charge is 0.122 e. The van der Waals surface area contributed by atoms with Crippen molar-refractivity contribution in [3.63, 3.8) is 0 Å². The molecule has 0 saturated heterocycles. The van der Waals surface area contributed by atoms with Gasteiger partial charge in [-0.25, -0.2) is 0 Å². The van der Waals surface area contributed by atoms with E-state index in [1.807, 2.05) is 55.5 Å². The fourth-order valence-corrected chi connectivity index (χ4v) is 1.82. The van der Waals surface area contributed by atoms with E-state index >= 15 is 0 Å². The van der Waals surface area contributed by atoms with Crippen molar-refractivity contribution in [2.75, 3.05) is 13.2 Å². The molecule has 0 spiro atoms. The van der Waals surface area contributed by atoms with Gasteiger partial charge >= 0.3 is 0 Å². The number of hydrogen-bond acceptors (Lipinski definition) is 2. The van der Waals surface area contributed by atoms with Gasteiger partial charge in [0.05, 0.1) is 0 Å². The van der Waals surface area contributed by atoms with Crippen molar-refractivity contribution in [2.45, 2.75) is 6.92 Å². The van der Waals surface area contributed by atoms with E-state index in [-0.39, 0.29) is 0 Å². The monoisotopic (exact) mass is 306 g/mol. The molecular formula is C15H15BrO2. The van der Waals surface area contributed by atoms with Crippen molar-refractivity contribution >= 4 is 15.9 Å². The molecule has 0 radical (unpaired) electrons. The summed E-state index contributed by atoms with van der Waals surface area (Å²) < 4.78 is 12.2. The molecule has 0 bridgehead atoms. The van der Waals surface area contributed by atoms with E-state index in [0.717, 1.165) is 16.0 Å². The molecule has 0 unspecified atom stereocenters. The van der Waals surface area contributed by atoms with Crippen LogP contribution in [0.4, 0.5) is 0 Å². The van der Waals surface area contributed by atoms with Crippen molar-refractivity contribution in [3.05, 3.63) is 58.6 Å². The average Bonchev–Trinajstić information content (AvgIpc) is 2.37. The highest BCUT2D eigenvalue weighted by Gasteiger charge is 1.96. The molecule has 18 heavy (non-hydrogen) atoms. The molecule has 0 heterocycles. The Bertz CT molecular complexity index is 494. The normalized spacial score (nSPS) is 10.1. The van der Waals surface area contributed by atoms with Crippen molar-refractivity contribution < 1.29 is 9.47 Å². The van der Waals surface area contributed by atoms with Gasteiger partial charge in [0.25, 0.3) is 0 Å². The minimum atomic E-state index is 0.537. The van der Waals surface area contributed by atoms with Crippen LogP contribution in [0.15, 0.2) is 53.0 Å². The van der Waals surface area contributed by atoms with E-state index in [1.165, 1.54) is 5.56 Å². The Morgan fingerprint density at radius 1 is 0.889 bits per heavy atom. The quantitative estimate of drug-likeness (QED) is 0.770. The van der Waals surface area contributed by atoms with Crippen LogP contribution in [0, 0.1) is 6.92 Å². The van der Waals surface area contributed by atoms with Gasteiger partial charge in [0.2, 0.25) is 0 Å². The Kier molecular flexibility index (Phi) is 4.65. The summed E-state index contributed by atoms with van der Waals surface area (Å²) in [5.41, 5.74) is 1.20. The number of rotatable bonds is 5. The number of halogens is 1. The van der Waals surface area contributed by atoms with Gasteiger partial charge in [-0.05, 0) is 48.9 Å². The van der Waals surface area contributed by atoms with Crippen LogP contribution in [0.2, 0.25) is 0 Å². The third-order valence-electron chi connectivity index (χ3n) is 2.42. The lowest BCUT2D eigenvalue weighted by Crippen LogP contribution is -2.08. The van der Waals surface area contributed by atoms with Crippen LogP contribution in [0.1, 0.15) is 5.56 Å². The summed E-state index contributed by atoms with van der Waals surface area (Å²) in [6, 6.07) is 15.8. The van der Waals surface area contributed by atoms with Gasteiger partial charge in [0.1, 0.15) is 24.7 Å². The van der Waals surface area contributed by atoms with Gasteiger partial charge in [-0.2, -0.15) is 0 Å². The summed E-state index contributed by atoms with van der Waals surface area (Å²) >= 11 is 3.38. The first kappa shape index (κ1) is 13.0. The second-order valence-corrected chi connectivity index (χ2v) is 4.88. The summed E-state index contributed by atoms with van der Waals surface area (Å²) in [7, 11) is 0. The molecule has 0 aliphatic carbocycles. The van der Waals surface area contributed by atoms with Crippen LogP contribution in [0.5, 0.6) is 11.5 Å². The van der Waals surface area contributed by atoms with Crippen molar-refractivity contribution in [2.24, 2.45) is 0 Å². The maximum Gasteiger partial charge on any atom is 0.122 e. The third-order valence-corrected chi connectivity index (χ3v) is 2.95. The largest absolute Gasteiger partial charge is 0.490 e. The molecule has 0 aromatic heterocycles. The van der Waals surface area contributed by atoms with Crippen molar-refractivity contribution in [1.82, 2.24) is 0 Å². The molecular weight excluding hydrogens is 292 g/mol. The molecule has 0 fully saturated rings. The second kappa shape index (κ2) is 6.45. The Labute approximate surface area is 116 Å². The minimum Gasteiger partial charge on any atom is -0.490 e. The van der Waals surface area contributed by atoms with E-state index in [1.54, 1.807) is 0 Å². The Morgan fingerprint density at radius 2 is 1.56 bits per heavy atom. The lowest BCUT2D eigenvalue weighted by atomic mass is 10.2. The molecule has 0 N–H and O–H groups in total. The fraction of sp³-hybridized carbons (Fsp3) is 0.200. The number of benzene rings is 2. The highest BCUT2D eigenvalue weighted by Crippen LogP contribution is 2.16. The topological polar surface area (TPSA) is 18.5 Å². The first-order valence-electron chi connectivity index (χ1n) is 5.82. The third kappa shape index (κ3) is 4.08. The van der Waals surface area contributed by atoms with Gasteiger partial charge in [0.15, 0.2) is 0 Å². The van der Waals surface area contributed by atoms with E-state index < -0.39 is 0 Å². The van der Waals surface area contributed by atoms with E-state index in [0.29, 0.717) is 13.2 Å². The van der Waals surface area contributed by atoms with E-state index in [2.05, 4.69) is 15.9 Å². The lowest BCUT2D eigenvalue weighted by Gasteiger charge is -2.08. The van der Waals surface area contributed by atoms with Crippen molar-refractivity contribution in [3.8, 4) is 11.5 Å². The zero-order valence-electron chi connectivity index (χ0n) is 10.2. The van der Waals surface area contributed by atoms with Crippen LogP contribution in [0.3, 0.4) is 0 Å². The predicted molar refractivity (Wildman–Crippen MR) is 76.3 cm³/mol. The number of aryl methyl sites for hydroxylation is 1. The summed E-state index contributed by atoms with van der Waals surface area (Å²) in [6.07, 6.45) is 0. The molecule has 2 aromatic rings. The second-order valence-electron chi connectivity index (χ2n) is 3.97. The molecule has 2 aromatic carbocycles. The zero-order chi connectivity index (χ0) is 12.8. The zero-order valence-corrected chi connectivity index (χ0v) is 11.8. The standard InChI is InChI=1S/C15H15BrO2/c1-12-3-2-4-15(11-12)18-10-9-17-14-7-5-13(16)6-8-14/h2-8,11H,9-10H2,1H3. The molecule has 2 rings (SSSR count). The molecule has 0 aliphatic rings. The highest BCUT2D eigenvalue weighted by atomic mass is 79.9. The summed E-state index contributed by atoms with van der Waals surface area (Å²) in [6.45, 7) is 3.13. The molecule has 0 aliphatic heterocycles. The maximum atomic E-state index is 5.60.